The van der Waals surface area contributed by atoms with Crippen LogP contribution in [0.3, 0.4) is 0 Å². The zero-order valence-electron chi connectivity index (χ0n) is 15.2. The van der Waals surface area contributed by atoms with Crippen molar-refractivity contribution in [2.24, 2.45) is 5.73 Å². The monoisotopic (exact) mass is 374 g/mol. The summed E-state index contributed by atoms with van der Waals surface area (Å²) in [6.07, 6.45) is 0.0172. The number of carboxylic acid groups (broad SMARTS) is 1. The van der Waals surface area contributed by atoms with Crippen LogP contribution in [0.15, 0.2) is 0 Å². The van der Waals surface area contributed by atoms with Gasteiger partial charge in [-0.15, -0.1) is 0 Å². The molecule has 0 aliphatic rings. The van der Waals surface area contributed by atoms with E-state index < -0.39 is 53.8 Å². The lowest BCUT2D eigenvalue weighted by molar-refractivity contribution is -0.142. The molecular weight excluding hydrogens is 348 g/mol. The molecule has 11 nitrogen and oxygen atoms in total. The quantitative estimate of drug-likeness (QED) is 0.269. The number of methoxy groups -OCH3 is 1. The van der Waals surface area contributed by atoms with E-state index >= 15 is 0 Å². The molecule has 0 aromatic rings. The Kier molecular flexibility index (Phi) is 9.89. The summed E-state index contributed by atoms with van der Waals surface area (Å²) in [6, 6.07) is -4.09. The van der Waals surface area contributed by atoms with E-state index in [4.69, 9.17) is 10.8 Å². The van der Waals surface area contributed by atoms with Gasteiger partial charge >= 0.3 is 11.9 Å². The number of ether oxygens (including phenoxy) is 1. The summed E-state index contributed by atoms with van der Waals surface area (Å²) in [4.78, 5) is 57.4. The molecule has 0 saturated carbocycles. The van der Waals surface area contributed by atoms with Crippen molar-refractivity contribution in [1.29, 1.82) is 0 Å². The molecule has 0 aromatic heterocycles. The van der Waals surface area contributed by atoms with Crippen molar-refractivity contribution >= 4 is 29.7 Å². The van der Waals surface area contributed by atoms with E-state index in [9.17, 15) is 24.0 Å². The first-order chi connectivity index (χ1) is 12.0. The zero-order chi connectivity index (χ0) is 20.4. The maximum absolute atomic E-state index is 12.0. The second kappa shape index (κ2) is 11.0. The largest absolute Gasteiger partial charge is 0.480 e. The molecule has 0 saturated heterocycles. The van der Waals surface area contributed by atoms with E-state index in [-0.39, 0.29) is 12.8 Å². The summed E-state index contributed by atoms with van der Waals surface area (Å²) in [5.41, 5.74) is 5.63. The summed E-state index contributed by atoms with van der Waals surface area (Å²) in [6.45, 7) is 4.05. The maximum atomic E-state index is 12.0. The normalized spacial score (nSPS) is 15.0. The van der Waals surface area contributed by atoms with Crippen LogP contribution in [0.25, 0.3) is 0 Å². The van der Waals surface area contributed by atoms with E-state index in [1.165, 1.54) is 27.9 Å². The average Bonchev–Trinajstić information content (AvgIpc) is 2.58. The van der Waals surface area contributed by atoms with Crippen molar-refractivity contribution < 1.29 is 33.8 Å². The van der Waals surface area contributed by atoms with Gasteiger partial charge in [0.15, 0.2) is 0 Å². The number of carbonyl (C=O) groups is 5. The molecule has 0 bridgehead atoms. The highest BCUT2D eigenvalue weighted by Gasteiger charge is 2.24. The Morgan fingerprint density at radius 1 is 0.885 bits per heavy atom. The second-order valence-electron chi connectivity index (χ2n) is 5.75. The fraction of sp³-hybridized carbons (Fsp3) is 0.667. The van der Waals surface area contributed by atoms with Gasteiger partial charge < -0.3 is 31.5 Å². The van der Waals surface area contributed by atoms with Crippen molar-refractivity contribution in [2.75, 3.05) is 7.11 Å². The van der Waals surface area contributed by atoms with Gasteiger partial charge in [-0.3, -0.25) is 24.0 Å². The zero-order valence-corrected chi connectivity index (χ0v) is 15.2. The first kappa shape index (κ1) is 23.3. The van der Waals surface area contributed by atoms with E-state index in [1.807, 2.05) is 0 Å². The average molecular weight is 374 g/mol. The minimum Gasteiger partial charge on any atom is -0.480 e. The molecule has 0 aromatic carbocycles. The molecule has 3 amide bonds. The molecule has 148 valence electrons. The fourth-order valence-electron chi connectivity index (χ4n) is 1.70. The summed E-state index contributed by atoms with van der Waals surface area (Å²) >= 11 is 0. The molecule has 0 radical (unpaired) electrons. The molecule has 0 rings (SSSR count). The summed E-state index contributed by atoms with van der Waals surface area (Å²) in [5, 5.41) is 15.7. The molecule has 4 atom stereocenters. The topological polar surface area (TPSA) is 177 Å². The number of amides is 3. The predicted molar refractivity (Wildman–Crippen MR) is 89.7 cm³/mol. The van der Waals surface area contributed by atoms with Gasteiger partial charge in [0.25, 0.3) is 0 Å². The Balaban J connectivity index is 4.44. The van der Waals surface area contributed by atoms with Crippen LogP contribution in [-0.4, -0.2) is 66.0 Å². The van der Waals surface area contributed by atoms with Gasteiger partial charge in [-0.2, -0.15) is 0 Å². The fourth-order valence-corrected chi connectivity index (χ4v) is 1.70. The number of carboxylic acids is 1. The number of aliphatic carboxylic acids is 1. The molecular formula is C15H26N4O7. The Hall–Kier alpha value is -2.69. The Labute approximate surface area is 151 Å². The molecule has 11 heteroatoms. The highest BCUT2D eigenvalue weighted by atomic mass is 16.5. The first-order valence-electron chi connectivity index (χ1n) is 7.95. The van der Waals surface area contributed by atoms with Crippen molar-refractivity contribution in [3.05, 3.63) is 0 Å². The third-order valence-corrected chi connectivity index (χ3v) is 3.46. The van der Waals surface area contributed by atoms with E-state index in [1.54, 1.807) is 0 Å². The minimum atomic E-state index is -1.21. The van der Waals surface area contributed by atoms with Gasteiger partial charge in [0, 0.05) is 6.42 Å². The molecule has 1 unspecified atom stereocenters. The van der Waals surface area contributed by atoms with Crippen LogP contribution >= 0.6 is 0 Å². The number of nitrogens with two attached hydrogens (primary N) is 1. The summed E-state index contributed by atoms with van der Waals surface area (Å²) in [5.74, 6) is -3.67. The number of rotatable bonds is 10. The standard InChI is InChI=1S/C15H26N4O7/c1-7(13(22)19-9(3)15(24)25)17-12(21)8(2)18-14(23)10(16)5-6-11(20)26-4/h7-10H,5-6,16H2,1-4H3,(H,17,21)(H,18,23)(H,19,22)(H,24,25)/t7-,8-,9-,10?/m0/s1. The Morgan fingerprint density at radius 2 is 1.31 bits per heavy atom. The Bertz CT molecular complexity index is 552. The molecule has 0 fully saturated rings. The number of hydrogen-bond donors (Lipinski definition) is 5. The first-order valence-corrected chi connectivity index (χ1v) is 7.95. The van der Waals surface area contributed by atoms with Crippen LogP contribution in [0.5, 0.6) is 0 Å². The van der Waals surface area contributed by atoms with Crippen LogP contribution in [0.1, 0.15) is 33.6 Å². The van der Waals surface area contributed by atoms with Crippen LogP contribution in [0.4, 0.5) is 0 Å². The lowest BCUT2D eigenvalue weighted by atomic mass is 10.1. The third-order valence-electron chi connectivity index (χ3n) is 3.46. The van der Waals surface area contributed by atoms with E-state index in [0.717, 1.165) is 0 Å². The van der Waals surface area contributed by atoms with E-state index in [0.29, 0.717) is 0 Å². The smallest absolute Gasteiger partial charge is 0.325 e. The lowest BCUT2D eigenvalue weighted by Crippen LogP contribution is -2.55. The van der Waals surface area contributed by atoms with Crippen molar-refractivity contribution in [3.63, 3.8) is 0 Å². The van der Waals surface area contributed by atoms with Gasteiger partial charge in [0.1, 0.15) is 18.1 Å². The van der Waals surface area contributed by atoms with Gasteiger partial charge in [-0.25, -0.2) is 0 Å². The third kappa shape index (κ3) is 8.42. The van der Waals surface area contributed by atoms with Crippen LogP contribution < -0.4 is 21.7 Å². The highest BCUT2D eigenvalue weighted by Crippen LogP contribution is 1.98. The highest BCUT2D eigenvalue weighted by molar-refractivity contribution is 5.93. The molecule has 26 heavy (non-hydrogen) atoms. The minimum absolute atomic E-state index is 0.0371. The summed E-state index contributed by atoms with van der Waals surface area (Å²) in [7, 11) is 1.22. The molecule has 0 aliphatic carbocycles. The number of hydrogen-bond acceptors (Lipinski definition) is 7. The van der Waals surface area contributed by atoms with Crippen LogP contribution in [0, 0.1) is 0 Å². The lowest BCUT2D eigenvalue weighted by Gasteiger charge is -2.20. The summed E-state index contributed by atoms with van der Waals surface area (Å²) < 4.78 is 4.44. The molecule has 0 aliphatic heterocycles. The molecule has 0 heterocycles. The maximum Gasteiger partial charge on any atom is 0.325 e. The van der Waals surface area contributed by atoms with Gasteiger partial charge in [-0.05, 0) is 27.2 Å². The van der Waals surface area contributed by atoms with Crippen LogP contribution in [-0.2, 0) is 28.7 Å². The Morgan fingerprint density at radius 3 is 1.73 bits per heavy atom. The van der Waals surface area contributed by atoms with Crippen molar-refractivity contribution in [3.8, 4) is 0 Å². The van der Waals surface area contributed by atoms with Crippen LogP contribution in [0.2, 0.25) is 0 Å². The number of esters is 1. The van der Waals surface area contributed by atoms with E-state index in [2.05, 4.69) is 20.7 Å². The van der Waals surface area contributed by atoms with Gasteiger partial charge in [0.2, 0.25) is 17.7 Å². The predicted octanol–water partition coefficient (Wildman–Crippen LogP) is -2.13. The van der Waals surface area contributed by atoms with Crippen molar-refractivity contribution in [2.45, 2.75) is 57.8 Å². The molecule has 0 spiro atoms. The SMILES string of the molecule is COC(=O)CCC(N)C(=O)N[C@@H](C)C(=O)N[C@@H](C)C(=O)N[C@@H](C)C(=O)O. The van der Waals surface area contributed by atoms with Crippen molar-refractivity contribution in [1.82, 2.24) is 16.0 Å². The van der Waals surface area contributed by atoms with Gasteiger partial charge in [-0.1, -0.05) is 0 Å². The number of nitrogens with one attached hydrogen (secondary N) is 3. The number of carbonyl (C=O) groups excluding carboxylic acids is 4. The second-order valence-corrected chi connectivity index (χ2v) is 5.75. The molecule has 6 N–H and O–H groups in total. The van der Waals surface area contributed by atoms with Gasteiger partial charge in [0.05, 0.1) is 13.2 Å².